The normalized spacial score (nSPS) is 25.8. The minimum Gasteiger partial charge on any atom is -0.497 e. The Morgan fingerprint density at radius 3 is 2.92 bits per heavy atom. The number of benzene rings is 1. The Kier molecular flexibility index (Phi) is 4.39. The Labute approximate surface area is 143 Å². The molecule has 1 aliphatic heterocycles. The molecule has 1 aromatic heterocycles. The van der Waals surface area contributed by atoms with Gasteiger partial charge in [-0.3, -0.25) is 9.88 Å². The molecule has 24 heavy (non-hydrogen) atoms. The highest BCUT2D eigenvalue weighted by molar-refractivity contribution is 5.32. The first-order chi connectivity index (χ1) is 11.8. The summed E-state index contributed by atoms with van der Waals surface area (Å²) in [5.74, 6) is 2.49. The van der Waals surface area contributed by atoms with Crippen molar-refractivity contribution in [2.24, 2.45) is 5.92 Å². The highest BCUT2D eigenvalue weighted by Crippen LogP contribution is 2.43. The van der Waals surface area contributed by atoms with Crippen LogP contribution in [0.1, 0.15) is 24.8 Å². The number of piperidine rings is 1. The molecule has 2 aromatic rings. The van der Waals surface area contributed by atoms with E-state index < -0.39 is 0 Å². The number of hydrogen-bond acceptors (Lipinski definition) is 4. The Morgan fingerprint density at radius 2 is 2.08 bits per heavy atom. The van der Waals surface area contributed by atoms with Gasteiger partial charge in [0.1, 0.15) is 18.1 Å². The maximum atomic E-state index is 6.12. The van der Waals surface area contributed by atoms with E-state index in [0.29, 0.717) is 12.1 Å². The molecule has 1 saturated carbocycles. The molecular weight excluding hydrogens is 300 g/mol. The number of likely N-dealkylation sites (tertiary alicyclic amines) is 1. The fraction of sp³-hybridized carbons (Fsp3) is 0.450. The summed E-state index contributed by atoms with van der Waals surface area (Å²) in [5.41, 5.74) is 1.29. The van der Waals surface area contributed by atoms with E-state index in [1.807, 2.05) is 42.7 Å². The van der Waals surface area contributed by atoms with E-state index in [1.165, 1.54) is 24.8 Å². The largest absolute Gasteiger partial charge is 0.497 e. The third-order valence-corrected chi connectivity index (χ3v) is 5.43. The molecule has 1 aliphatic carbocycles. The van der Waals surface area contributed by atoms with Crippen molar-refractivity contribution in [1.82, 2.24) is 9.88 Å². The van der Waals surface area contributed by atoms with Crippen LogP contribution < -0.4 is 9.47 Å². The molecule has 0 spiro atoms. The van der Waals surface area contributed by atoms with E-state index in [0.717, 1.165) is 30.6 Å². The number of nitrogens with zero attached hydrogens (tertiary/aromatic N) is 2. The lowest BCUT2D eigenvalue weighted by molar-refractivity contribution is 0.0866. The number of pyridine rings is 1. The topological polar surface area (TPSA) is 34.6 Å². The summed E-state index contributed by atoms with van der Waals surface area (Å²) in [5, 5.41) is 0. The van der Waals surface area contributed by atoms with E-state index in [4.69, 9.17) is 9.47 Å². The van der Waals surface area contributed by atoms with Gasteiger partial charge in [-0.15, -0.1) is 0 Å². The number of rotatable bonds is 6. The van der Waals surface area contributed by atoms with Crippen LogP contribution >= 0.6 is 0 Å². The second-order valence-corrected chi connectivity index (χ2v) is 6.82. The van der Waals surface area contributed by atoms with Crippen molar-refractivity contribution < 1.29 is 9.47 Å². The van der Waals surface area contributed by atoms with E-state index in [2.05, 4.69) is 16.0 Å². The number of hydrogen-bond donors (Lipinski definition) is 0. The Bertz CT molecular complexity index is 676. The third kappa shape index (κ3) is 3.11. The molecule has 3 atom stereocenters. The Balaban J connectivity index is 1.44. The van der Waals surface area contributed by atoms with Gasteiger partial charge in [0, 0.05) is 37.1 Å². The lowest BCUT2D eigenvalue weighted by Crippen LogP contribution is -2.43. The van der Waals surface area contributed by atoms with Crippen molar-refractivity contribution in [1.29, 1.82) is 0 Å². The molecule has 0 radical (unpaired) electrons. The van der Waals surface area contributed by atoms with Crippen LogP contribution in [0.25, 0.3) is 0 Å². The number of fused-ring (bicyclic) bond motifs is 2. The molecule has 2 heterocycles. The smallest absolute Gasteiger partial charge is 0.123 e. The predicted octanol–water partition coefficient (Wildman–Crippen LogP) is 3.52. The average molecular weight is 324 g/mol. The van der Waals surface area contributed by atoms with Crippen LogP contribution in [0.2, 0.25) is 0 Å². The van der Waals surface area contributed by atoms with Crippen molar-refractivity contribution in [2.45, 2.75) is 37.9 Å². The third-order valence-electron chi connectivity index (χ3n) is 5.43. The molecule has 4 nitrogen and oxygen atoms in total. The van der Waals surface area contributed by atoms with Crippen molar-refractivity contribution in [3.63, 3.8) is 0 Å². The van der Waals surface area contributed by atoms with Gasteiger partial charge in [-0.25, -0.2) is 0 Å². The zero-order valence-electron chi connectivity index (χ0n) is 14.1. The van der Waals surface area contributed by atoms with Crippen molar-refractivity contribution in [3.05, 3.63) is 54.4 Å². The van der Waals surface area contributed by atoms with Gasteiger partial charge in [0.25, 0.3) is 0 Å². The molecule has 2 bridgehead atoms. The quantitative estimate of drug-likeness (QED) is 0.814. The lowest BCUT2D eigenvalue weighted by Gasteiger charge is -2.35. The van der Waals surface area contributed by atoms with Gasteiger partial charge in [-0.2, -0.15) is 0 Å². The number of methoxy groups -OCH3 is 1. The second kappa shape index (κ2) is 6.81. The highest BCUT2D eigenvalue weighted by atomic mass is 16.5. The Morgan fingerprint density at radius 1 is 1.17 bits per heavy atom. The van der Waals surface area contributed by atoms with Crippen LogP contribution in [-0.4, -0.2) is 35.7 Å². The standard InChI is InChI=1S/C20H24N2O2/c1-23-18-5-2-6-19(11-18)24-14-20-16-7-8-17(10-16)22(20)13-15-4-3-9-21-12-15/h2-6,9,11-12,16-17,20H,7-8,10,13-14H2,1H3/t16?,17?,20-/m0/s1. The van der Waals surface area contributed by atoms with Gasteiger partial charge in [0.2, 0.25) is 0 Å². The first-order valence-corrected chi connectivity index (χ1v) is 8.75. The summed E-state index contributed by atoms with van der Waals surface area (Å²) >= 11 is 0. The van der Waals surface area contributed by atoms with Gasteiger partial charge >= 0.3 is 0 Å². The summed E-state index contributed by atoms with van der Waals surface area (Å²) < 4.78 is 11.4. The minimum absolute atomic E-state index is 0.496. The zero-order chi connectivity index (χ0) is 16.4. The Hall–Kier alpha value is -2.07. The predicted molar refractivity (Wildman–Crippen MR) is 93.2 cm³/mol. The molecule has 4 heteroatoms. The molecule has 4 rings (SSSR count). The summed E-state index contributed by atoms with van der Waals surface area (Å²) in [6, 6.07) is 13.3. The van der Waals surface area contributed by atoms with Crippen molar-refractivity contribution in [3.8, 4) is 11.5 Å². The van der Waals surface area contributed by atoms with Crippen LogP contribution in [0, 0.1) is 5.92 Å². The monoisotopic (exact) mass is 324 g/mol. The molecule has 126 valence electrons. The van der Waals surface area contributed by atoms with Crippen molar-refractivity contribution >= 4 is 0 Å². The maximum Gasteiger partial charge on any atom is 0.123 e. The summed E-state index contributed by atoms with van der Waals surface area (Å²) in [6.07, 6.45) is 7.78. The molecule has 0 N–H and O–H groups in total. The van der Waals surface area contributed by atoms with Crippen LogP contribution in [0.15, 0.2) is 48.8 Å². The molecule has 1 saturated heterocycles. The average Bonchev–Trinajstić information content (AvgIpc) is 3.23. The first kappa shape index (κ1) is 15.5. The van der Waals surface area contributed by atoms with Gasteiger partial charge in [-0.1, -0.05) is 12.1 Å². The number of ether oxygens (including phenoxy) is 2. The van der Waals surface area contributed by atoms with Crippen LogP contribution in [0.5, 0.6) is 11.5 Å². The maximum absolute atomic E-state index is 6.12. The fourth-order valence-electron chi connectivity index (χ4n) is 4.24. The lowest BCUT2D eigenvalue weighted by atomic mass is 9.99. The molecule has 1 aromatic carbocycles. The van der Waals surface area contributed by atoms with Gasteiger partial charge in [0.15, 0.2) is 0 Å². The van der Waals surface area contributed by atoms with Gasteiger partial charge < -0.3 is 9.47 Å². The van der Waals surface area contributed by atoms with E-state index in [1.54, 1.807) is 7.11 Å². The van der Waals surface area contributed by atoms with E-state index in [-0.39, 0.29) is 0 Å². The fourth-order valence-corrected chi connectivity index (χ4v) is 4.24. The second-order valence-electron chi connectivity index (χ2n) is 6.82. The summed E-state index contributed by atoms with van der Waals surface area (Å²) in [6.45, 7) is 1.72. The number of aromatic nitrogens is 1. The van der Waals surface area contributed by atoms with Crippen LogP contribution in [-0.2, 0) is 6.54 Å². The molecule has 2 unspecified atom stereocenters. The summed E-state index contributed by atoms with van der Waals surface area (Å²) in [4.78, 5) is 6.89. The van der Waals surface area contributed by atoms with Gasteiger partial charge in [-0.05, 0) is 48.9 Å². The molecule has 0 amide bonds. The van der Waals surface area contributed by atoms with Gasteiger partial charge in [0.05, 0.1) is 7.11 Å². The molecule has 2 aliphatic rings. The van der Waals surface area contributed by atoms with E-state index >= 15 is 0 Å². The van der Waals surface area contributed by atoms with Crippen LogP contribution in [0.3, 0.4) is 0 Å². The zero-order valence-corrected chi connectivity index (χ0v) is 14.1. The van der Waals surface area contributed by atoms with E-state index in [9.17, 15) is 0 Å². The molecular formula is C20H24N2O2. The van der Waals surface area contributed by atoms with Crippen molar-refractivity contribution in [2.75, 3.05) is 13.7 Å². The first-order valence-electron chi connectivity index (χ1n) is 8.75. The SMILES string of the molecule is COc1cccc(OC[C@H]2C3CCC(C3)N2Cc2cccnc2)c1. The van der Waals surface area contributed by atoms with Crippen LogP contribution in [0.4, 0.5) is 0 Å². The minimum atomic E-state index is 0.496. The summed E-state index contributed by atoms with van der Waals surface area (Å²) in [7, 11) is 1.69. The highest BCUT2D eigenvalue weighted by Gasteiger charge is 2.45. The molecule has 2 fully saturated rings.